The van der Waals surface area contributed by atoms with Crippen LogP contribution in [0.5, 0.6) is 0 Å². The van der Waals surface area contributed by atoms with Gasteiger partial charge in [0.15, 0.2) is 5.69 Å². The molecule has 0 amide bonds. The minimum absolute atomic E-state index is 0.0861. The van der Waals surface area contributed by atoms with E-state index < -0.39 is 0 Å². The summed E-state index contributed by atoms with van der Waals surface area (Å²) in [6.45, 7) is 0. The summed E-state index contributed by atoms with van der Waals surface area (Å²) < 4.78 is 4.70. The van der Waals surface area contributed by atoms with E-state index in [9.17, 15) is 0 Å². The summed E-state index contributed by atoms with van der Waals surface area (Å²) in [7, 11) is 0. The lowest BCUT2D eigenvalue weighted by Crippen LogP contribution is -1.85. The van der Waals surface area contributed by atoms with E-state index in [2.05, 4.69) is 25.6 Å². The second-order valence-corrected chi connectivity index (χ2v) is 1.81. The first kappa shape index (κ1) is 5.83. The lowest BCUT2D eigenvalue weighted by molar-refractivity contribution is 0.431. The quantitative estimate of drug-likeness (QED) is 0.567. The lowest BCUT2D eigenvalue weighted by Gasteiger charge is -1.77. The van der Waals surface area contributed by atoms with E-state index >= 15 is 0 Å². The molecule has 0 saturated carbocycles. The SMILES string of the molecule is Nc1noc(-c2cn[nH]n2)n1. The zero-order chi connectivity index (χ0) is 7.68. The second-order valence-electron chi connectivity index (χ2n) is 1.81. The molecule has 0 radical (unpaired) electrons. The van der Waals surface area contributed by atoms with Gasteiger partial charge >= 0.3 is 0 Å². The van der Waals surface area contributed by atoms with Crippen molar-refractivity contribution in [2.75, 3.05) is 5.73 Å². The van der Waals surface area contributed by atoms with Crippen LogP contribution in [0.1, 0.15) is 0 Å². The Morgan fingerprint density at radius 3 is 3.00 bits per heavy atom. The van der Waals surface area contributed by atoms with Gasteiger partial charge in [-0.15, -0.1) is 0 Å². The molecule has 0 aliphatic heterocycles. The van der Waals surface area contributed by atoms with Gasteiger partial charge in [0.05, 0.1) is 6.20 Å². The van der Waals surface area contributed by atoms with Crippen molar-refractivity contribution in [3.63, 3.8) is 0 Å². The second kappa shape index (κ2) is 2.04. The number of aromatic nitrogens is 5. The predicted octanol–water partition coefficient (Wildman–Crippen LogP) is -0.563. The number of H-pyrrole nitrogens is 1. The number of nitrogens with two attached hydrogens (primary N) is 1. The summed E-state index contributed by atoms with van der Waals surface area (Å²) >= 11 is 0. The van der Waals surface area contributed by atoms with Crippen LogP contribution in [0.2, 0.25) is 0 Å². The summed E-state index contributed by atoms with van der Waals surface area (Å²) in [6, 6.07) is 0. The molecule has 7 nitrogen and oxygen atoms in total. The maximum atomic E-state index is 5.21. The Morgan fingerprint density at radius 2 is 2.45 bits per heavy atom. The summed E-state index contributed by atoms with van der Waals surface area (Å²) in [5.74, 6) is 0.347. The van der Waals surface area contributed by atoms with Gasteiger partial charge in [-0.2, -0.15) is 20.4 Å². The number of nitrogens with zero attached hydrogens (tertiary/aromatic N) is 4. The molecule has 0 aliphatic rings. The third-order valence-corrected chi connectivity index (χ3v) is 1.08. The molecule has 0 bridgehead atoms. The molecule has 2 aromatic heterocycles. The Labute approximate surface area is 60.6 Å². The average molecular weight is 152 g/mol. The Balaban J connectivity index is 2.45. The molecule has 56 valence electrons. The molecule has 2 rings (SSSR count). The van der Waals surface area contributed by atoms with Crippen LogP contribution in [0.15, 0.2) is 10.7 Å². The summed E-state index contributed by atoms with van der Waals surface area (Å²) in [5, 5.41) is 13.1. The normalized spacial score (nSPS) is 10.2. The number of nitrogen functional groups attached to an aromatic ring is 1. The van der Waals surface area contributed by atoms with Gasteiger partial charge in [0.1, 0.15) is 0 Å². The predicted molar refractivity (Wildman–Crippen MR) is 34.1 cm³/mol. The summed E-state index contributed by atoms with van der Waals surface area (Å²) in [4.78, 5) is 3.73. The fourth-order valence-corrected chi connectivity index (χ4v) is 0.644. The number of nitrogens with one attached hydrogen (secondary N) is 1. The highest BCUT2D eigenvalue weighted by molar-refractivity contribution is 5.44. The molecule has 7 heteroatoms. The van der Waals surface area contributed by atoms with Crippen molar-refractivity contribution >= 4 is 5.95 Å². The Morgan fingerprint density at radius 1 is 1.55 bits per heavy atom. The van der Waals surface area contributed by atoms with Crippen LogP contribution in [0.25, 0.3) is 11.6 Å². The van der Waals surface area contributed by atoms with E-state index in [0.717, 1.165) is 0 Å². The van der Waals surface area contributed by atoms with Gasteiger partial charge in [-0.3, -0.25) is 0 Å². The third kappa shape index (κ3) is 0.914. The van der Waals surface area contributed by atoms with Gasteiger partial charge in [0.25, 0.3) is 11.8 Å². The van der Waals surface area contributed by atoms with Crippen LogP contribution in [-0.4, -0.2) is 25.6 Å². The van der Waals surface area contributed by atoms with Gasteiger partial charge < -0.3 is 10.3 Å². The van der Waals surface area contributed by atoms with Crippen LogP contribution >= 0.6 is 0 Å². The Kier molecular flexibility index (Phi) is 1.08. The molecule has 3 N–H and O–H groups in total. The molecule has 0 atom stereocenters. The molecule has 0 aliphatic carbocycles. The molecular weight excluding hydrogens is 148 g/mol. The minimum Gasteiger partial charge on any atom is -0.365 e. The number of rotatable bonds is 1. The number of aromatic amines is 1. The lowest BCUT2D eigenvalue weighted by atomic mass is 10.5. The van der Waals surface area contributed by atoms with E-state index in [1.165, 1.54) is 6.20 Å². The smallest absolute Gasteiger partial charge is 0.281 e. The first-order valence-electron chi connectivity index (χ1n) is 2.81. The third-order valence-electron chi connectivity index (χ3n) is 1.08. The van der Waals surface area contributed by atoms with Crippen LogP contribution in [-0.2, 0) is 0 Å². The van der Waals surface area contributed by atoms with Crippen molar-refractivity contribution in [2.45, 2.75) is 0 Å². The van der Waals surface area contributed by atoms with E-state index in [0.29, 0.717) is 5.69 Å². The number of hydrogen-bond acceptors (Lipinski definition) is 6. The summed E-state index contributed by atoms with van der Waals surface area (Å²) in [5.41, 5.74) is 5.69. The van der Waals surface area contributed by atoms with Gasteiger partial charge in [0, 0.05) is 0 Å². The van der Waals surface area contributed by atoms with Crippen LogP contribution in [0, 0.1) is 0 Å². The highest BCUT2D eigenvalue weighted by Gasteiger charge is 2.07. The van der Waals surface area contributed by atoms with Crippen molar-refractivity contribution in [3.8, 4) is 11.6 Å². The minimum atomic E-state index is 0.0861. The first-order chi connectivity index (χ1) is 5.36. The van der Waals surface area contributed by atoms with Gasteiger partial charge in [-0.05, 0) is 5.16 Å². The Bertz CT molecular complexity index is 337. The highest BCUT2D eigenvalue weighted by Crippen LogP contribution is 2.11. The first-order valence-corrected chi connectivity index (χ1v) is 2.81. The molecular formula is C4H4N6O. The standard InChI is InChI=1S/C4H4N6O/c5-4-7-3(11-9-4)2-1-6-10-8-2/h1H,(H2,5,9)(H,6,8,10). The highest BCUT2D eigenvalue weighted by atomic mass is 16.5. The number of hydrogen-bond donors (Lipinski definition) is 2. The molecule has 0 spiro atoms. The molecule has 2 aromatic rings. The fraction of sp³-hybridized carbons (Fsp3) is 0. The van der Waals surface area contributed by atoms with Gasteiger partial charge in [-0.25, -0.2) is 0 Å². The van der Waals surface area contributed by atoms with E-state index in [-0.39, 0.29) is 11.8 Å². The number of anilines is 1. The Hall–Kier alpha value is -1.92. The van der Waals surface area contributed by atoms with Crippen LogP contribution in [0.4, 0.5) is 5.95 Å². The zero-order valence-corrected chi connectivity index (χ0v) is 5.35. The van der Waals surface area contributed by atoms with E-state index in [4.69, 9.17) is 10.3 Å². The van der Waals surface area contributed by atoms with Crippen molar-refractivity contribution in [3.05, 3.63) is 6.20 Å². The molecule has 0 unspecified atom stereocenters. The largest absolute Gasteiger partial charge is 0.365 e. The molecule has 0 aromatic carbocycles. The maximum absolute atomic E-state index is 5.21. The molecule has 0 saturated heterocycles. The van der Waals surface area contributed by atoms with Crippen LogP contribution in [0.3, 0.4) is 0 Å². The van der Waals surface area contributed by atoms with Crippen molar-refractivity contribution in [1.82, 2.24) is 25.6 Å². The van der Waals surface area contributed by atoms with Crippen molar-refractivity contribution < 1.29 is 4.52 Å². The van der Waals surface area contributed by atoms with Crippen LogP contribution < -0.4 is 5.73 Å². The maximum Gasteiger partial charge on any atom is 0.281 e. The molecule has 11 heavy (non-hydrogen) atoms. The average Bonchev–Trinajstić information content (AvgIpc) is 2.55. The van der Waals surface area contributed by atoms with Crippen molar-refractivity contribution in [1.29, 1.82) is 0 Å². The van der Waals surface area contributed by atoms with E-state index in [1.54, 1.807) is 0 Å². The summed E-state index contributed by atoms with van der Waals surface area (Å²) in [6.07, 6.45) is 1.47. The topological polar surface area (TPSA) is 107 Å². The fourth-order valence-electron chi connectivity index (χ4n) is 0.644. The monoisotopic (exact) mass is 152 g/mol. The van der Waals surface area contributed by atoms with Crippen molar-refractivity contribution in [2.24, 2.45) is 0 Å². The van der Waals surface area contributed by atoms with E-state index in [1.807, 2.05) is 0 Å². The molecule has 0 fully saturated rings. The molecule has 2 heterocycles. The van der Waals surface area contributed by atoms with Gasteiger partial charge in [-0.1, -0.05) is 0 Å². The van der Waals surface area contributed by atoms with Gasteiger partial charge in [0.2, 0.25) is 0 Å². The zero-order valence-electron chi connectivity index (χ0n) is 5.35.